The molecule has 1 fully saturated rings. The smallest absolute Gasteiger partial charge is 0.223 e. The topological polar surface area (TPSA) is 72.9 Å². The maximum Gasteiger partial charge on any atom is 0.223 e. The van der Waals surface area contributed by atoms with Gasteiger partial charge in [-0.3, -0.25) is 0 Å². The van der Waals surface area contributed by atoms with Crippen molar-refractivity contribution in [2.75, 3.05) is 23.7 Å². The molecule has 1 saturated heterocycles. The van der Waals surface area contributed by atoms with Crippen LogP contribution in [0.25, 0.3) is 11.0 Å². The van der Waals surface area contributed by atoms with Gasteiger partial charge in [0.05, 0.1) is 11.0 Å². The van der Waals surface area contributed by atoms with Crippen molar-refractivity contribution in [1.82, 2.24) is 19.5 Å². The Morgan fingerprint density at radius 2 is 1.92 bits per heavy atom. The Kier molecular flexibility index (Phi) is 4.21. The van der Waals surface area contributed by atoms with Crippen LogP contribution in [-0.2, 0) is 6.42 Å². The SMILES string of the molecule is CCc1nc2ccccc2n1C1CCN(c2cc(Cl)nc(N)n2)CC1. The first-order chi connectivity index (χ1) is 12.2. The average Bonchev–Trinajstić information content (AvgIpc) is 2.99. The highest BCUT2D eigenvalue weighted by Crippen LogP contribution is 2.31. The lowest BCUT2D eigenvalue weighted by atomic mass is 10.0. The van der Waals surface area contributed by atoms with Crippen LogP contribution in [0.3, 0.4) is 0 Å². The Bertz CT molecular complexity index is 877. The van der Waals surface area contributed by atoms with E-state index in [1.165, 1.54) is 5.52 Å². The predicted molar refractivity (Wildman–Crippen MR) is 101 cm³/mol. The van der Waals surface area contributed by atoms with Crippen LogP contribution in [0, 0.1) is 0 Å². The minimum absolute atomic E-state index is 0.221. The number of anilines is 2. The molecular weight excluding hydrogens is 336 g/mol. The molecule has 2 aromatic heterocycles. The number of nitrogens with two attached hydrogens (primary N) is 1. The molecule has 0 radical (unpaired) electrons. The summed E-state index contributed by atoms with van der Waals surface area (Å²) in [6, 6.07) is 10.6. The Morgan fingerprint density at radius 3 is 2.64 bits per heavy atom. The zero-order valence-corrected chi connectivity index (χ0v) is 14.9. The van der Waals surface area contributed by atoms with Crippen LogP contribution in [0.1, 0.15) is 31.6 Å². The average molecular weight is 357 g/mol. The third-order valence-electron chi connectivity index (χ3n) is 4.84. The Hall–Kier alpha value is -2.34. The maximum atomic E-state index is 6.01. The molecule has 0 aliphatic carbocycles. The number of aromatic nitrogens is 4. The molecule has 0 spiro atoms. The van der Waals surface area contributed by atoms with Crippen LogP contribution in [0.5, 0.6) is 0 Å². The molecule has 4 rings (SSSR count). The first-order valence-electron chi connectivity index (χ1n) is 8.66. The van der Waals surface area contributed by atoms with E-state index >= 15 is 0 Å². The molecule has 0 bridgehead atoms. The Morgan fingerprint density at radius 1 is 1.16 bits per heavy atom. The number of halogens is 1. The van der Waals surface area contributed by atoms with Gasteiger partial charge in [0.2, 0.25) is 5.95 Å². The summed E-state index contributed by atoms with van der Waals surface area (Å²) in [5, 5.41) is 0.387. The first-order valence-corrected chi connectivity index (χ1v) is 9.04. The Labute approximate surface area is 151 Å². The van der Waals surface area contributed by atoms with Crippen molar-refractivity contribution in [3.63, 3.8) is 0 Å². The van der Waals surface area contributed by atoms with E-state index in [4.69, 9.17) is 22.3 Å². The Balaban J connectivity index is 1.58. The van der Waals surface area contributed by atoms with Crippen molar-refractivity contribution in [3.05, 3.63) is 41.3 Å². The number of hydrogen-bond donors (Lipinski definition) is 1. The van der Waals surface area contributed by atoms with Gasteiger partial charge in [-0.05, 0) is 25.0 Å². The summed E-state index contributed by atoms with van der Waals surface area (Å²) in [6.45, 7) is 3.98. The molecule has 3 aromatic rings. The van der Waals surface area contributed by atoms with Gasteiger partial charge in [0.25, 0.3) is 0 Å². The highest BCUT2D eigenvalue weighted by Gasteiger charge is 2.25. The summed E-state index contributed by atoms with van der Waals surface area (Å²) in [6.07, 6.45) is 3.01. The first kappa shape index (κ1) is 16.1. The summed E-state index contributed by atoms with van der Waals surface area (Å²) in [5.41, 5.74) is 8.03. The number of imidazole rings is 1. The molecule has 1 aromatic carbocycles. The normalized spacial score (nSPS) is 15.8. The van der Waals surface area contributed by atoms with Gasteiger partial charge in [-0.25, -0.2) is 9.97 Å². The van der Waals surface area contributed by atoms with Crippen LogP contribution < -0.4 is 10.6 Å². The number of aryl methyl sites for hydroxylation is 1. The van der Waals surface area contributed by atoms with Gasteiger partial charge in [0.1, 0.15) is 16.8 Å². The number of nitrogens with zero attached hydrogens (tertiary/aromatic N) is 5. The standard InChI is InChI=1S/C18H21ClN6/c1-2-16-21-13-5-3-4-6-14(13)25(16)12-7-9-24(10-8-12)17-11-15(19)22-18(20)23-17/h3-6,11-12H,2,7-10H2,1H3,(H2,20,22,23). The van der Waals surface area contributed by atoms with E-state index in [0.717, 1.165) is 49.5 Å². The largest absolute Gasteiger partial charge is 0.368 e. The molecule has 25 heavy (non-hydrogen) atoms. The minimum atomic E-state index is 0.221. The van der Waals surface area contributed by atoms with Crippen molar-refractivity contribution < 1.29 is 0 Å². The van der Waals surface area contributed by atoms with Crippen LogP contribution in [0.15, 0.2) is 30.3 Å². The highest BCUT2D eigenvalue weighted by atomic mass is 35.5. The lowest BCUT2D eigenvalue weighted by Gasteiger charge is -2.34. The molecule has 0 saturated carbocycles. The molecule has 1 aliphatic heterocycles. The van der Waals surface area contributed by atoms with Crippen LogP contribution in [0.4, 0.5) is 11.8 Å². The third-order valence-corrected chi connectivity index (χ3v) is 5.03. The second-order valence-corrected chi connectivity index (χ2v) is 6.75. The number of benzene rings is 1. The fourth-order valence-electron chi connectivity index (χ4n) is 3.69. The summed E-state index contributed by atoms with van der Waals surface area (Å²) < 4.78 is 2.42. The molecular formula is C18H21ClN6. The van der Waals surface area contributed by atoms with Crippen molar-refractivity contribution in [2.24, 2.45) is 0 Å². The van der Waals surface area contributed by atoms with E-state index in [0.29, 0.717) is 11.2 Å². The molecule has 3 heterocycles. The van der Waals surface area contributed by atoms with Crippen LogP contribution in [0.2, 0.25) is 5.15 Å². The van der Waals surface area contributed by atoms with Crippen LogP contribution in [-0.4, -0.2) is 32.6 Å². The summed E-state index contributed by atoms with van der Waals surface area (Å²) in [4.78, 5) is 15.3. The molecule has 0 unspecified atom stereocenters. The van der Waals surface area contributed by atoms with E-state index in [-0.39, 0.29) is 5.95 Å². The molecule has 0 atom stereocenters. The van der Waals surface area contributed by atoms with E-state index in [2.05, 4.69) is 44.6 Å². The monoisotopic (exact) mass is 356 g/mol. The van der Waals surface area contributed by atoms with E-state index in [1.54, 1.807) is 6.07 Å². The second kappa shape index (κ2) is 6.52. The quantitative estimate of drug-likeness (QED) is 0.727. The van der Waals surface area contributed by atoms with Crippen LogP contribution >= 0.6 is 11.6 Å². The molecule has 7 heteroatoms. The van der Waals surface area contributed by atoms with Gasteiger partial charge in [0, 0.05) is 31.6 Å². The fourth-order valence-corrected chi connectivity index (χ4v) is 3.87. The van der Waals surface area contributed by atoms with Gasteiger partial charge >= 0.3 is 0 Å². The number of fused-ring (bicyclic) bond motifs is 1. The second-order valence-electron chi connectivity index (χ2n) is 6.37. The van der Waals surface area contributed by atoms with E-state index in [9.17, 15) is 0 Å². The summed E-state index contributed by atoms with van der Waals surface area (Å²) >= 11 is 6.01. The zero-order chi connectivity index (χ0) is 17.4. The predicted octanol–water partition coefficient (Wildman–Crippen LogP) is 3.47. The van der Waals surface area contributed by atoms with Crippen molar-refractivity contribution >= 4 is 34.4 Å². The van der Waals surface area contributed by atoms with E-state index < -0.39 is 0 Å². The van der Waals surface area contributed by atoms with Gasteiger partial charge in [0.15, 0.2) is 0 Å². The fraction of sp³-hybridized carbons (Fsp3) is 0.389. The molecule has 1 aliphatic rings. The summed E-state index contributed by atoms with van der Waals surface area (Å²) in [7, 11) is 0. The zero-order valence-electron chi connectivity index (χ0n) is 14.2. The lowest BCUT2D eigenvalue weighted by molar-refractivity contribution is 0.394. The third kappa shape index (κ3) is 3.02. The van der Waals surface area contributed by atoms with Crippen molar-refractivity contribution in [1.29, 1.82) is 0 Å². The minimum Gasteiger partial charge on any atom is -0.368 e. The number of nitrogen functional groups attached to an aromatic ring is 1. The van der Waals surface area contributed by atoms with Gasteiger partial charge < -0.3 is 15.2 Å². The van der Waals surface area contributed by atoms with Crippen molar-refractivity contribution in [3.8, 4) is 0 Å². The van der Waals surface area contributed by atoms with Gasteiger partial charge in [-0.2, -0.15) is 4.98 Å². The molecule has 130 valence electrons. The number of para-hydroxylation sites is 2. The lowest BCUT2D eigenvalue weighted by Crippen LogP contribution is -2.35. The van der Waals surface area contributed by atoms with Gasteiger partial charge in [-0.1, -0.05) is 30.7 Å². The number of piperidine rings is 1. The molecule has 0 amide bonds. The molecule has 2 N–H and O–H groups in total. The maximum absolute atomic E-state index is 6.01. The van der Waals surface area contributed by atoms with Gasteiger partial charge in [-0.15, -0.1) is 0 Å². The van der Waals surface area contributed by atoms with Crippen molar-refractivity contribution in [2.45, 2.75) is 32.2 Å². The number of rotatable bonds is 3. The van der Waals surface area contributed by atoms with E-state index in [1.807, 2.05) is 6.07 Å². The number of hydrogen-bond acceptors (Lipinski definition) is 5. The summed E-state index contributed by atoms with van der Waals surface area (Å²) in [5.74, 6) is 2.19. The highest BCUT2D eigenvalue weighted by molar-refractivity contribution is 6.29. The molecule has 6 nitrogen and oxygen atoms in total.